The van der Waals surface area contributed by atoms with Gasteiger partial charge in [0, 0.05) is 14.2 Å². The molecule has 0 aliphatic heterocycles. The van der Waals surface area contributed by atoms with Gasteiger partial charge in [-0.25, -0.2) is 0 Å². The lowest BCUT2D eigenvalue weighted by Gasteiger charge is -2.21. The average Bonchev–Trinajstić information content (AvgIpc) is 2.29. The van der Waals surface area contributed by atoms with Crippen molar-refractivity contribution in [1.29, 1.82) is 0 Å². The maximum Gasteiger partial charge on any atom is 0.416 e. The van der Waals surface area contributed by atoms with Gasteiger partial charge in [0.25, 0.3) is 0 Å². The van der Waals surface area contributed by atoms with Gasteiger partial charge in [0.1, 0.15) is 0 Å². The molecule has 17 heavy (non-hydrogen) atoms. The number of halogens is 3. The Morgan fingerprint density at radius 2 is 1.53 bits per heavy atom. The predicted molar refractivity (Wildman–Crippen MR) is 56.2 cm³/mol. The smallest absolute Gasteiger partial charge is 0.354 e. The van der Waals surface area contributed by atoms with Crippen LogP contribution in [0.2, 0.25) is 0 Å². The number of rotatable bonds is 4. The van der Waals surface area contributed by atoms with E-state index in [4.69, 9.17) is 15.2 Å². The van der Waals surface area contributed by atoms with E-state index >= 15 is 0 Å². The zero-order chi connectivity index (χ0) is 13.1. The Bertz CT molecular complexity index is 347. The standard InChI is InChI=1S/C11H14F3NO2/c1-16-10(17-2)9(15)7-3-5-8(6-4-7)11(12,13)14/h3-6,9-10H,15H2,1-2H3. The highest BCUT2D eigenvalue weighted by Gasteiger charge is 2.30. The quantitative estimate of drug-likeness (QED) is 0.833. The highest BCUT2D eigenvalue weighted by Crippen LogP contribution is 2.30. The summed E-state index contributed by atoms with van der Waals surface area (Å²) < 4.78 is 46.9. The van der Waals surface area contributed by atoms with Crippen molar-refractivity contribution in [1.82, 2.24) is 0 Å². The highest BCUT2D eigenvalue weighted by atomic mass is 19.4. The number of ether oxygens (including phenoxy) is 2. The molecular formula is C11H14F3NO2. The van der Waals surface area contributed by atoms with Crippen LogP contribution in [0.3, 0.4) is 0 Å². The minimum Gasteiger partial charge on any atom is -0.354 e. The van der Waals surface area contributed by atoms with E-state index in [-0.39, 0.29) is 0 Å². The molecule has 0 spiro atoms. The van der Waals surface area contributed by atoms with Gasteiger partial charge in [-0.15, -0.1) is 0 Å². The minimum absolute atomic E-state index is 0.520. The second-order valence-corrected chi connectivity index (χ2v) is 3.49. The summed E-state index contributed by atoms with van der Waals surface area (Å²) in [4.78, 5) is 0. The van der Waals surface area contributed by atoms with Crippen molar-refractivity contribution in [2.24, 2.45) is 5.73 Å². The molecule has 1 unspecified atom stereocenters. The molecule has 0 saturated heterocycles. The van der Waals surface area contributed by atoms with Crippen molar-refractivity contribution in [2.45, 2.75) is 18.5 Å². The van der Waals surface area contributed by atoms with E-state index in [0.717, 1.165) is 12.1 Å². The van der Waals surface area contributed by atoms with Crippen LogP contribution in [0, 0.1) is 0 Å². The number of alkyl halides is 3. The third-order valence-electron chi connectivity index (χ3n) is 2.38. The van der Waals surface area contributed by atoms with Crippen molar-refractivity contribution in [3.05, 3.63) is 35.4 Å². The molecule has 0 radical (unpaired) electrons. The largest absolute Gasteiger partial charge is 0.416 e. The fourth-order valence-corrected chi connectivity index (χ4v) is 1.44. The summed E-state index contributed by atoms with van der Waals surface area (Å²) in [6, 6.07) is 3.97. The van der Waals surface area contributed by atoms with E-state index in [1.54, 1.807) is 0 Å². The monoisotopic (exact) mass is 249 g/mol. The van der Waals surface area contributed by atoms with Crippen LogP contribution in [0.5, 0.6) is 0 Å². The summed E-state index contributed by atoms with van der Waals surface area (Å²) >= 11 is 0. The summed E-state index contributed by atoms with van der Waals surface area (Å²) in [5.74, 6) is 0. The molecule has 0 aliphatic rings. The highest BCUT2D eigenvalue weighted by molar-refractivity contribution is 5.26. The molecule has 6 heteroatoms. The normalized spacial score (nSPS) is 14.1. The number of benzene rings is 1. The summed E-state index contributed by atoms with van der Waals surface area (Å²) in [5, 5.41) is 0. The van der Waals surface area contributed by atoms with Gasteiger partial charge < -0.3 is 15.2 Å². The maximum absolute atomic E-state index is 12.3. The lowest BCUT2D eigenvalue weighted by molar-refractivity contribution is -0.137. The number of hydrogen-bond donors (Lipinski definition) is 1. The maximum atomic E-state index is 12.3. The fraction of sp³-hybridized carbons (Fsp3) is 0.455. The van der Waals surface area contributed by atoms with Crippen LogP contribution in [0.15, 0.2) is 24.3 Å². The Morgan fingerprint density at radius 1 is 1.06 bits per heavy atom. The second-order valence-electron chi connectivity index (χ2n) is 3.49. The number of methoxy groups -OCH3 is 2. The van der Waals surface area contributed by atoms with E-state index in [9.17, 15) is 13.2 Å². The van der Waals surface area contributed by atoms with Crippen molar-refractivity contribution in [3.8, 4) is 0 Å². The van der Waals surface area contributed by atoms with Crippen molar-refractivity contribution < 1.29 is 22.6 Å². The minimum atomic E-state index is -4.34. The molecule has 0 saturated carbocycles. The third kappa shape index (κ3) is 3.42. The first-order valence-electron chi connectivity index (χ1n) is 4.88. The van der Waals surface area contributed by atoms with E-state index in [0.29, 0.717) is 5.56 Å². The van der Waals surface area contributed by atoms with Crippen LogP contribution in [-0.4, -0.2) is 20.5 Å². The molecule has 0 amide bonds. The zero-order valence-corrected chi connectivity index (χ0v) is 9.49. The van der Waals surface area contributed by atoms with E-state index in [1.165, 1.54) is 26.4 Å². The predicted octanol–water partition coefficient (Wildman–Crippen LogP) is 2.32. The van der Waals surface area contributed by atoms with Crippen molar-refractivity contribution in [2.75, 3.05) is 14.2 Å². The Hall–Kier alpha value is -1.11. The topological polar surface area (TPSA) is 44.5 Å². The SMILES string of the molecule is COC(OC)C(N)c1ccc(C(F)(F)F)cc1. The first kappa shape index (κ1) is 14.0. The van der Waals surface area contributed by atoms with Crippen LogP contribution < -0.4 is 5.73 Å². The molecule has 3 nitrogen and oxygen atoms in total. The van der Waals surface area contributed by atoms with Gasteiger partial charge in [-0.1, -0.05) is 12.1 Å². The summed E-state index contributed by atoms with van der Waals surface area (Å²) in [5.41, 5.74) is 5.60. The molecule has 0 aliphatic carbocycles. The Labute approximate surface area is 97.3 Å². The molecular weight excluding hydrogens is 235 g/mol. The van der Waals surface area contributed by atoms with E-state index < -0.39 is 24.1 Å². The van der Waals surface area contributed by atoms with E-state index in [2.05, 4.69) is 0 Å². The molecule has 0 fully saturated rings. The molecule has 0 heterocycles. The van der Waals surface area contributed by atoms with Crippen molar-refractivity contribution >= 4 is 0 Å². The van der Waals surface area contributed by atoms with Gasteiger partial charge in [-0.05, 0) is 17.7 Å². The average molecular weight is 249 g/mol. The van der Waals surface area contributed by atoms with Crippen LogP contribution in [0.25, 0.3) is 0 Å². The first-order valence-corrected chi connectivity index (χ1v) is 4.88. The van der Waals surface area contributed by atoms with Crippen LogP contribution in [0.4, 0.5) is 13.2 Å². The van der Waals surface area contributed by atoms with E-state index in [1.807, 2.05) is 0 Å². The van der Waals surface area contributed by atoms with Gasteiger partial charge in [-0.3, -0.25) is 0 Å². The molecule has 1 atom stereocenters. The zero-order valence-electron chi connectivity index (χ0n) is 9.49. The lowest BCUT2D eigenvalue weighted by atomic mass is 10.0. The molecule has 2 N–H and O–H groups in total. The summed E-state index contributed by atoms with van der Waals surface area (Å²) in [6.07, 6.45) is -5.03. The summed E-state index contributed by atoms with van der Waals surface area (Å²) in [7, 11) is 2.83. The second kappa shape index (κ2) is 5.48. The van der Waals surface area contributed by atoms with Crippen LogP contribution >= 0.6 is 0 Å². The van der Waals surface area contributed by atoms with Gasteiger partial charge in [0.2, 0.25) is 0 Å². The van der Waals surface area contributed by atoms with Gasteiger partial charge in [0.15, 0.2) is 6.29 Å². The molecule has 0 aromatic heterocycles. The van der Waals surface area contributed by atoms with Gasteiger partial charge in [0.05, 0.1) is 11.6 Å². The molecule has 1 rings (SSSR count). The summed E-state index contributed by atoms with van der Waals surface area (Å²) in [6.45, 7) is 0. The van der Waals surface area contributed by atoms with Crippen LogP contribution in [-0.2, 0) is 15.7 Å². The molecule has 1 aromatic carbocycles. The Balaban J connectivity index is 2.87. The fourth-order valence-electron chi connectivity index (χ4n) is 1.44. The molecule has 0 bridgehead atoms. The number of hydrogen-bond acceptors (Lipinski definition) is 3. The lowest BCUT2D eigenvalue weighted by Crippen LogP contribution is -2.29. The van der Waals surface area contributed by atoms with Crippen molar-refractivity contribution in [3.63, 3.8) is 0 Å². The third-order valence-corrected chi connectivity index (χ3v) is 2.38. The van der Waals surface area contributed by atoms with Gasteiger partial charge in [-0.2, -0.15) is 13.2 Å². The van der Waals surface area contributed by atoms with Crippen LogP contribution in [0.1, 0.15) is 17.2 Å². The van der Waals surface area contributed by atoms with Gasteiger partial charge >= 0.3 is 6.18 Å². The number of nitrogens with two attached hydrogens (primary N) is 1. The Kier molecular flexibility index (Phi) is 4.50. The molecule has 1 aromatic rings. The Morgan fingerprint density at radius 3 is 1.88 bits per heavy atom. The molecule has 96 valence electrons. The first-order chi connectivity index (χ1) is 7.90.